The summed E-state index contributed by atoms with van der Waals surface area (Å²) in [5, 5.41) is 1.42. The van der Waals surface area contributed by atoms with Gasteiger partial charge >= 0.3 is 0 Å². The molecular formula is C25H39NOSi. The summed E-state index contributed by atoms with van der Waals surface area (Å²) in [6.45, 7) is 23.0. The molecule has 1 atom stereocenters. The smallest absolute Gasteiger partial charge is 0.122 e. The zero-order valence-electron chi connectivity index (χ0n) is 19.7. The molecule has 3 heteroatoms. The van der Waals surface area contributed by atoms with Crippen molar-refractivity contribution < 1.29 is 4.74 Å². The van der Waals surface area contributed by atoms with Crippen molar-refractivity contribution in [3.63, 3.8) is 0 Å². The van der Waals surface area contributed by atoms with E-state index in [0.29, 0.717) is 12.1 Å². The normalized spacial score (nSPS) is 17.6. The van der Waals surface area contributed by atoms with Crippen LogP contribution in [-0.2, 0) is 5.41 Å². The molecule has 154 valence electrons. The van der Waals surface area contributed by atoms with Gasteiger partial charge < -0.3 is 9.64 Å². The molecule has 1 aliphatic rings. The van der Waals surface area contributed by atoms with Crippen LogP contribution in [0, 0.1) is 6.92 Å². The van der Waals surface area contributed by atoms with Crippen LogP contribution in [0.2, 0.25) is 18.6 Å². The van der Waals surface area contributed by atoms with Gasteiger partial charge in [0.05, 0.1) is 8.07 Å². The van der Waals surface area contributed by atoms with Gasteiger partial charge in [0.1, 0.15) is 12.4 Å². The first-order valence-corrected chi connectivity index (χ1v) is 13.4. The third kappa shape index (κ3) is 4.15. The third-order valence-electron chi connectivity index (χ3n) is 6.03. The molecule has 0 spiro atoms. The monoisotopic (exact) mass is 397 g/mol. The molecule has 2 nitrogen and oxygen atoms in total. The maximum atomic E-state index is 6.37. The van der Waals surface area contributed by atoms with Crippen molar-refractivity contribution in [3.8, 4) is 5.75 Å². The lowest BCUT2D eigenvalue weighted by Gasteiger charge is -2.38. The molecule has 1 unspecified atom stereocenters. The highest BCUT2D eigenvalue weighted by Crippen LogP contribution is 2.45. The summed E-state index contributed by atoms with van der Waals surface area (Å²) in [6.07, 6.45) is 4.22. The quantitative estimate of drug-likeness (QED) is 0.435. The number of benzene rings is 1. The molecular weight excluding hydrogens is 358 g/mol. The minimum atomic E-state index is -1.94. The van der Waals surface area contributed by atoms with Crippen LogP contribution in [0.1, 0.15) is 45.7 Å². The average Bonchev–Trinajstić information content (AvgIpc) is 2.88. The van der Waals surface area contributed by atoms with Crippen LogP contribution in [0.4, 0.5) is 0 Å². The zero-order valence-corrected chi connectivity index (χ0v) is 20.7. The van der Waals surface area contributed by atoms with E-state index in [1.807, 2.05) is 6.08 Å². The fraction of sp³-hybridized carbons (Fsp3) is 0.520. The van der Waals surface area contributed by atoms with Crippen LogP contribution >= 0.6 is 0 Å². The standard InChI is InChI=1S/C25H39NOSi/c1-12-13-27-23-20(25(5,6)7)14-17(2)15-22(23)28(10,11)24-19(4)18(3)16-21(24)26(8)9/h12,14-16,24H,1,13H2,2-11H3. The van der Waals surface area contributed by atoms with E-state index in [2.05, 4.69) is 98.4 Å². The van der Waals surface area contributed by atoms with Crippen molar-refractivity contribution in [1.82, 2.24) is 4.90 Å². The number of rotatable bonds is 6. The van der Waals surface area contributed by atoms with Crippen molar-refractivity contribution in [2.24, 2.45) is 0 Å². The van der Waals surface area contributed by atoms with Gasteiger partial charge in [-0.2, -0.15) is 0 Å². The average molecular weight is 398 g/mol. The Morgan fingerprint density at radius 1 is 1.14 bits per heavy atom. The van der Waals surface area contributed by atoms with Crippen LogP contribution in [0.25, 0.3) is 0 Å². The minimum Gasteiger partial charge on any atom is -0.489 e. The second-order valence-corrected chi connectivity index (χ2v) is 14.6. The van der Waals surface area contributed by atoms with Crippen LogP contribution in [0.3, 0.4) is 0 Å². The lowest BCUT2D eigenvalue weighted by Crippen LogP contribution is -2.49. The molecule has 1 aliphatic carbocycles. The predicted octanol–water partition coefficient (Wildman–Crippen LogP) is 5.94. The Morgan fingerprint density at radius 3 is 2.25 bits per heavy atom. The van der Waals surface area contributed by atoms with Crippen molar-refractivity contribution in [2.45, 2.75) is 65.6 Å². The van der Waals surface area contributed by atoms with Crippen LogP contribution < -0.4 is 9.92 Å². The number of aryl methyl sites for hydroxylation is 1. The fourth-order valence-corrected chi connectivity index (χ4v) is 8.52. The third-order valence-corrected chi connectivity index (χ3v) is 9.97. The number of allylic oxidation sites excluding steroid dienone is 3. The van der Waals surface area contributed by atoms with Crippen LogP contribution in [0.15, 0.2) is 47.7 Å². The molecule has 0 N–H and O–H groups in total. The highest BCUT2D eigenvalue weighted by Gasteiger charge is 2.43. The van der Waals surface area contributed by atoms with Crippen molar-refractivity contribution >= 4 is 13.3 Å². The van der Waals surface area contributed by atoms with Gasteiger partial charge in [-0.05, 0) is 43.0 Å². The van der Waals surface area contributed by atoms with Crippen LogP contribution in [0.5, 0.6) is 5.75 Å². The molecule has 0 amide bonds. The summed E-state index contributed by atoms with van der Waals surface area (Å²) in [5.41, 5.74) is 7.46. The van der Waals surface area contributed by atoms with Gasteiger partial charge in [-0.1, -0.05) is 75.4 Å². The molecule has 0 fully saturated rings. The first kappa shape index (κ1) is 22.5. The molecule has 0 bridgehead atoms. The number of hydrogen-bond acceptors (Lipinski definition) is 2. The summed E-state index contributed by atoms with van der Waals surface area (Å²) in [4.78, 5) is 2.30. The molecule has 2 rings (SSSR count). The van der Waals surface area contributed by atoms with Gasteiger partial charge in [0, 0.05) is 25.3 Å². The Morgan fingerprint density at radius 2 is 1.75 bits per heavy atom. The van der Waals surface area contributed by atoms with Gasteiger partial charge in [0.2, 0.25) is 0 Å². The van der Waals surface area contributed by atoms with Crippen LogP contribution in [-0.4, -0.2) is 33.7 Å². The minimum absolute atomic E-state index is 0.0262. The Labute approximate surface area is 174 Å². The molecule has 1 aromatic rings. The second-order valence-electron chi connectivity index (χ2n) is 10.0. The SMILES string of the molecule is C=CCOc1c(C(C)(C)C)cc(C)cc1[Si](C)(C)C1C(N(C)C)=CC(C)=C1C. The van der Waals surface area contributed by atoms with E-state index in [1.54, 1.807) is 0 Å². The Bertz CT molecular complexity index is 822. The molecule has 28 heavy (non-hydrogen) atoms. The summed E-state index contributed by atoms with van der Waals surface area (Å²) >= 11 is 0. The Balaban J connectivity index is 2.76. The molecule has 0 saturated heterocycles. The van der Waals surface area contributed by atoms with Gasteiger partial charge in [-0.3, -0.25) is 0 Å². The van der Waals surface area contributed by atoms with Crippen molar-refractivity contribution in [2.75, 3.05) is 20.7 Å². The molecule has 0 radical (unpaired) electrons. The van der Waals surface area contributed by atoms with E-state index in [1.165, 1.54) is 33.2 Å². The van der Waals surface area contributed by atoms with Gasteiger partial charge in [0.15, 0.2) is 0 Å². The van der Waals surface area contributed by atoms with Gasteiger partial charge in [-0.25, -0.2) is 0 Å². The highest BCUT2D eigenvalue weighted by atomic mass is 28.3. The number of hydrogen-bond donors (Lipinski definition) is 0. The van der Waals surface area contributed by atoms with Crippen molar-refractivity contribution in [1.29, 1.82) is 0 Å². The summed E-state index contributed by atoms with van der Waals surface area (Å²) in [5.74, 6) is 1.09. The topological polar surface area (TPSA) is 12.5 Å². The van der Waals surface area contributed by atoms with E-state index in [9.17, 15) is 0 Å². The molecule has 0 aliphatic heterocycles. The first-order chi connectivity index (χ1) is 12.8. The predicted molar refractivity (Wildman–Crippen MR) is 127 cm³/mol. The fourth-order valence-electron chi connectivity index (χ4n) is 4.43. The van der Waals surface area contributed by atoms with E-state index in [0.717, 1.165) is 5.75 Å². The summed E-state index contributed by atoms with van der Waals surface area (Å²) in [7, 11) is 2.40. The molecule has 0 saturated carbocycles. The van der Waals surface area contributed by atoms with Crippen molar-refractivity contribution in [3.05, 3.63) is 58.8 Å². The Kier molecular flexibility index (Phi) is 6.39. The maximum absolute atomic E-state index is 6.37. The highest BCUT2D eigenvalue weighted by molar-refractivity contribution is 6.92. The van der Waals surface area contributed by atoms with E-state index >= 15 is 0 Å². The summed E-state index contributed by atoms with van der Waals surface area (Å²) < 4.78 is 6.37. The molecule has 1 aromatic carbocycles. The van der Waals surface area contributed by atoms with E-state index < -0.39 is 8.07 Å². The van der Waals surface area contributed by atoms with Gasteiger partial charge in [0.25, 0.3) is 0 Å². The maximum Gasteiger partial charge on any atom is 0.122 e. The zero-order chi connectivity index (χ0) is 21.4. The number of ether oxygens (including phenoxy) is 1. The number of nitrogens with zero attached hydrogens (tertiary/aromatic N) is 1. The Hall–Kier alpha value is -1.74. The molecule has 0 aromatic heterocycles. The van der Waals surface area contributed by atoms with Gasteiger partial charge in [-0.15, -0.1) is 0 Å². The van der Waals surface area contributed by atoms with E-state index in [-0.39, 0.29) is 5.41 Å². The summed E-state index contributed by atoms with van der Waals surface area (Å²) in [6, 6.07) is 4.69. The lowest BCUT2D eigenvalue weighted by atomic mass is 9.85. The lowest BCUT2D eigenvalue weighted by molar-refractivity contribution is 0.353. The largest absolute Gasteiger partial charge is 0.489 e. The second kappa shape index (κ2) is 7.94. The van der Waals surface area contributed by atoms with E-state index in [4.69, 9.17) is 4.74 Å². The first-order valence-electron chi connectivity index (χ1n) is 10.3. The molecule has 0 heterocycles.